The molecule has 0 spiro atoms. The molecule has 73 valence electrons. The van der Waals surface area contributed by atoms with Crippen molar-refractivity contribution in [2.75, 3.05) is 0 Å². The van der Waals surface area contributed by atoms with Crippen LogP contribution in [-0.2, 0) is 0 Å². The third-order valence-electron chi connectivity index (χ3n) is 1.87. The molecule has 0 amide bonds. The van der Waals surface area contributed by atoms with E-state index in [4.69, 9.17) is 0 Å². The lowest BCUT2D eigenvalue weighted by atomic mass is 10.2. The van der Waals surface area contributed by atoms with Gasteiger partial charge in [0.05, 0.1) is 0 Å². The Morgan fingerprint density at radius 3 is 2.00 bits per heavy atom. The van der Waals surface area contributed by atoms with Gasteiger partial charge >= 0.3 is 0 Å². The highest BCUT2D eigenvalue weighted by atomic mass is 13.8. The van der Waals surface area contributed by atoms with Gasteiger partial charge < -0.3 is 0 Å². The number of hydrogen-bond donors (Lipinski definition) is 0. The van der Waals surface area contributed by atoms with Crippen molar-refractivity contribution in [3.8, 4) is 0 Å². The van der Waals surface area contributed by atoms with Crippen LogP contribution in [0.2, 0.25) is 0 Å². The Labute approximate surface area is 87.0 Å². The molecule has 1 aliphatic carbocycles. The van der Waals surface area contributed by atoms with E-state index in [1.165, 1.54) is 0 Å². The average Bonchev–Trinajstić information content (AvgIpc) is 2.22. The van der Waals surface area contributed by atoms with E-state index in [1.54, 1.807) is 0 Å². The summed E-state index contributed by atoms with van der Waals surface area (Å²) in [6, 6.07) is 0. The normalized spacial score (nSPS) is 29.7. The molecule has 0 fully saturated rings. The summed E-state index contributed by atoms with van der Waals surface area (Å²) in [7, 11) is 0. The highest BCUT2D eigenvalue weighted by Crippen LogP contribution is 1.96. The Morgan fingerprint density at radius 2 is 1.14 bits per heavy atom. The lowest BCUT2D eigenvalue weighted by Gasteiger charge is -1.86. The van der Waals surface area contributed by atoms with E-state index in [0.717, 1.165) is 19.3 Å². The van der Waals surface area contributed by atoms with E-state index < -0.39 is 0 Å². The van der Waals surface area contributed by atoms with Gasteiger partial charge in [0.2, 0.25) is 0 Å². The monoisotopic (exact) mass is 185 g/mol. The van der Waals surface area contributed by atoms with Crippen LogP contribution in [0.25, 0.3) is 0 Å². The zero-order valence-electron chi connectivity index (χ0n) is 8.47. The minimum Gasteiger partial charge on any atom is -0.0842 e. The fourth-order valence-corrected chi connectivity index (χ4v) is 1.13. The first-order valence-electron chi connectivity index (χ1n) is 5.13. The van der Waals surface area contributed by atoms with Crippen LogP contribution in [0.3, 0.4) is 0 Å². The fraction of sp³-hybridized carbons (Fsp3) is 0.214. The summed E-state index contributed by atoms with van der Waals surface area (Å²) in [6.45, 7) is 0. The Morgan fingerprint density at radius 1 is 0.500 bits per heavy atom. The first kappa shape index (κ1) is 10.8. The van der Waals surface area contributed by atoms with Crippen molar-refractivity contribution in [2.24, 2.45) is 0 Å². The number of hydrogen-bond acceptors (Lipinski definition) is 0. The van der Waals surface area contributed by atoms with Crippen molar-refractivity contribution in [1.82, 2.24) is 0 Å². The van der Waals surface area contributed by atoms with Gasteiger partial charge in [-0.15, -0.1) is 0 Å². The first-order chi connectivity index (χ1) is 7.00. The Bertz CT molecular complexity index is 234. The molecular weight excluding hydrogens is 168 g/mol. The average molecular weight is 185 g/mol. The van der Waals surface area contributed by atoms with Crippen molar-refractivity contribution in [3.05, 3.63) is 67.2 Å². The Hall–Kier alpha value is -1.30. The van der Waals surface area contributed by atoms with Crippen LogP contribution >= 0.6 is 0 Å². The van der Waals surface area contributed by atoms with Crippen molar-refractivity contribution in [1.29, 1.82) is 0 Å². The molecule has 0 aromatic carbocycles. The minimum absolute atomic E-state index is 1.00. The molecule has 0 heteroatoms. The SMILES string of the molecule is [CH]1/C=C\C/C=C\C=C\CC/C=C/C=C/1. The second kappa shape index (κ2) is 8.31. The van der Waals surface area contributed by atoms with Crippen LogP contribution < -0.4 is 0 Å². The molecule has 1 radical (unpaired) electrons. The van der Waals surface area contributed by atoms with Crippen LogP contribution in [0.15, 0.2) is 60.8 Å². The maximum Gasteiger partial charge on any atom is 0.00474 e. The van der Waals surface area contributed by atoms with Gasteiger partial charge in [0, 0.05) is 6.42 Å². The van der Waals surface area contributed by atoms with E-state index in [9.17, 15) is 0 Å². The molecule has 0 unspecified atom stereocenters. The van der Waals surface area contributed by atoms with Crippen molar-refractivity contribution in [2.45, 2.75) is 19.3 Å². The predicted molar refractivity (Wildman–Crippen MR) is 63.9 cm³/mol. The van der Waals surface area contributed by atoms with Gasteiger partial charge in [-0.3, -0.25) is 0 Å². The molecule has 0 saturated carbocycles. The van der Waals surface area contributed by atoms with E-state index in [2.05, 4.69) is 67.2 Å². The highest BCUT2D eigenvalue weighted by Gasteiger charge is 1.76. The van der Waals surface area contributed by atoms with Gasteiger partial charge in [0.15, 0.2) is 0 Å². The molecule has 14 heavy (non-hydrogen) atoms. The highest BCUT2D eigenvalue weighted by molar-refractivity contribution is 5.15. The topological polar surface area (TPSA) is 0 Å². The van der Waals surface area contributed by atoms with Crippen molar-refractivity contribution < 1.29 is 0 Å². The standard InChI is InChI=1S/C14H17/c1-2-4-6-8-10-12-14-13-11-9-7-5-3-1/h1-7,10,12-14H,8-9,11H2/b3-1+,6-4-,7-5+,12-10-,14-13+. The summed E-state index contributed by atoms with van der Waals surface area (Å²) in [6.07, 6.45) is 26.5. The van der Waals surface area contributed by atoms with Crippen LogP contribution in [0.5, 0.6) is 0 Å². The summed E-state index contributed by atoms with van der Waals surface area (Å²) in [5, 5.41) is 0. The lowest BCUT2D eigenvalue weighted by Crippen LogP contribution is -1.66. The maximum absolute atomic E-state index is 2.20. The van der Waals surface area contributed by atoms with E-state index >= 15 is 0 Å². The molecule has 1 aliphatic rings. The van der Waals surface area contributed by atoms with Gasteiger partial charge in [0.1, 0.15) is 0 Å². The fourth-order valence-electron chi connectivity index (χ4n) is 1.13. The van der Waals surface area contributed by atoms with Gasteiger partial charge in [-0.2, -0.15) is 0 Å². The summed E-state index contributed by atoms with van der Waals surface area (Å²) in [5.41, 5.74) is 0. The lowest BCUT2D eigenvalue weighted by molar-refractivity contribution is 1.05. The third kappa shape index (κ3) is 6.24. The van der Waals surface area contributed by atoms with Crippen LogP contribution in [0.4, 0.5) is 0 Å². The predicted octanol–water partition coefficient (Wildman–Crippen LogP) is 4.16. The van der Waals surface area contributed by atoms with Crippen LogP contribution in [-0.4, -0.2) is 0 Å². The van der Waals surface area contributed by atoms with Crippen molar-refractivity contribution >= 4 is 0 Å². The summed E-state index contributed by atoms with van der Waals surface area (Å²) < 4.78 is 0. The Balaban J connectivity index is 2.45. The summed E-state index contributed by atoms with van der Waals surface area (Å²) in [4.78, 5) is 0. The smallest absolute Gasteiger partial charge is 0.00474 e. The second-order valence-electron chi connectivity index (χ2n) is 3.10. The molecular formula is C14H17. The van der Waals surface area contributed by atoms with Crippen LogP contribution in [0, 0.1) is 6.42 Å². The zero-order valence-corrected chi connectivity index (χ0v) is 8.47. The molecule has 0 saturated heterocycles. The van der Waals surface area contributed by atoms with Crippen LogP contribution in [0.1, 0.15) is 19.3 Å². The van der Waals surface area contributed by atoms with Crippen molar-refractivity contribution in [3.63, 3.8) is 0 Å². The molecule has 0 aromatic heterocycles. The van der Waals surface area contributed by atoms with E-state index in [1.807, 2.05) is 0 Å². The summed E-state index contributed by atoms with van der Waals surface area (Å²) in [5.74, 6) is 0. The van der Waals surface area contributed by atoms with Gasteiger partial charge in [-0.25, -0.2) is 0 Å². The van der Waals surface area contributed by atoms with Gasteiger partial charge in [-0.05, 0) is 19.3 Å². The largest absolute Gasteiger partial charge is 0.0842 e. The minimum atomic E-state index is 1.00. The third-order valence-corrected chi connectivity index (χ3v) is 1.87. The second-order valence-corrected chi connectivity index (χ2v) is 3.10. The number of allylic oxidation sites excluding steroid dienone is 10. The maximum atomic E-state index is 2.20. The zero-order chi connectivity index (χ0) is 9.90. The number of rotatable bonds is 0. The molecule has 0 bridgehead atoms. The quantitative estimate of drug-likeness (QED) is 0.531. The van der Waals surface area contributed by atoms with Gasteiger partial charge in [0.25, 0.3) is 0 Å². The molecule has 0 N–H and O–H groups in total. The molecule has 0 heterocycles. The van der Waals surface area contributed by atoms with E-state index in [0.29, 0.717) is 0 Å². The van der Waals surface area contributed by atoms with E-state index in [-0.39, 0.29) is 0 Å². The molecule has 0 aliphatic heterocycles. The molecule has 0 nitrogen and oxygen atoms in total. The molecule has 0 aromatic rings. The van der Waals surface area contributed by atoms with Gasteiger partial charge in [-0.1, -0.05) is 60.8 Å². The molecule has 0 atom stereocenters. The Kier molecular flexibility index (Phi) is 6.39. The summed E-state index contributed by atoms with van der Waals surface area (Å²) >= 11 is 0. The first-order valence-corrected chi connectivity index (χ1v) is 5.13. The molecule has 1 rings (SSSR count).